The summed E-state index contributed by atoms with van der Waals surface area (Å²) >= 11 is 7.83. The molecule has 0 heterocycles. The summed E-state index contributed by atoms with van der Waals surface area (Å²) in [6.45, 7) is 0. The summed E-state index contributed by atoms with van der Waals surface area (Å²) in [6, 6.07) is 10.1. The molecule has 0 aromatic heterocycles. The third-order valence-corrected chi connectivity index (χ3v) is 2.90. The van der Waals surface area contributed by atoms with Crippen molar-refractivity contribution in [2.24, 2.45) is 0 Å². The molecular weight excluding hydrogens is 351 g/mol. The highest BCUT2D eigenvalue weighted by Gasteiger charge is 2.08. The van der Waals surface area contributed by atoms with E-state index in [0.717, 1.165) is 3.57 Å². The molecule has 0 fully saturated rings. The molecule has 0 aliphatic carbocycles. The van der Waals surface area contributed by atoms with Gasteiger partial charge in [0, 0.05) is 8.59 Å². The number of anilines is 1. The van der Waals surface area contributed by atoms with Gasteiger partial charge in [-0.05, 0) is 40.8 Å². The molecule has 0 unspecified atom stereocenters. The van der Waals surface area contributed by atoms with E-state index in [0.29, 0.717) is 10.7 Å². The first-order chi connectivity index (χ1) is 8.12. The molecule has 1 aromatic rings. The van der Waals surface area contributed by atoms with Gasteiger partial charge in [-0.1, -0.05) is 11.6 Å². The summed E-state index contributed by atoms with van der Waals surface area (Å²) in [5, 5.41) is 29.5. The second-order valence-corrected chi connectivity index (χ2v) is 4.43. The second-order valence-electron chi connectivity index (χ2n) is 2.83. The minimum absolute atomic E-state index is 0.0739. The first kappa shape index (κ1) is 13.3. The third kappa shape index (κ3) is 3.35. The van der Waals surface area contributed by atoms with E-state index in [2.05, 4.69) is 5.32 Å². The average Bonchev–Trinajstić information content (AvgIpc) is 2.32. The van der Waals surface area contributed by atoms with E-state index in [4.69, 9.17) is 27.4 Å². The van der Waals surface area contributed by atoms with Crippen molar-refractivity contribution in [3.05, 3.63) is 38.1 Å². The monoisotopic (exact) mass is 354 g/mol. The maximum absolute atomic E-state index is 8.86. The molecule has 0 atom stereocenters. The largest absolute Gasteiger partial charge is 0.344 e. The van der Waals surface area contributed by atoms with Crippen LogP contribution in [0.2, 0.25) is 5.02 Å². The molecule has 0 saturated carbocycles. The lowest BCUT2D eigenvalue weighted by Crippen LogP contribution is -2.02. The minimum Gasteiger partial charge on any atom is -0.344 e. The Morgan fingerprint density at radius 3 is 2.29 bits per heavy atom. The fourth-order valence-electron chi connectivity index (χ4n) is 1.01. The Morgan fingerprint density at radius 2 is 1.82 bits per heavy atom. The molecule has 0 spiro atoms. The van der Waals surface area contributed by atoms with Gasteiger partial charge in [-0.15, -0.1) is 0 Å². The fraction of sp³-hybridized carbons (Fsp3) is 0. The van der Waals surface area contributed by atoms with Crippen molar-refractivity contribution in [2.75, 3.05) is 5.32 Å². The van der Waals surface area contributed by atoms with Gasteiger partial charge in [-0.2, -0.15) is 15.8 Å². The highest BCUT2D eigenvalue weighted by molar-refractivity contribution is 14.1. The van der Waals surface area contributed by atoms with Crippen LogP contribution in [0, 0.1) is 37.6 Å². The molecule has 0 amide bonds. The Balaban J connectivity index is 3.16. The Labute approximate surface area is 117 Å². The molecule has 6 heteroatoms. The third-order valence-electron chi connectivity index (χ3n) is 1.78. The number of rotatable bonds is 2. The fourth-order valence-corrected chi connectivity index (χ4v) is 2.01. The summed E-state index contributed by atoms with van der Waals surface area (Å²) in [5.74, 6) is 0. The van der Waals surface area contributed by atoms with Crippen molar-refractivity contribution in [3.63, 3.8) is 0 Å². The van der Waals surface area contributed by atoms with Gasteiger partial charge in [0.05, 0.1) is 5.69 Å². The van der Waals surface area contributed by atoms with Crippen LogP contribution < -0.4 is 5.32 Å². The number of nitrogens with zero attached hydrogens (tertiary/aromatic N) is 3. The number of hydrogen-bond donors (Lipinski definition) is 1. The van der Waals surface area contributed by atoms with E-state index < -0.39 is 0 Å². The molecule has 1 rings (SSSR count). The van der Waals surface area contributed by atoms with Crippen LogP contribution in [-0.4, -0.2) is 0 Å². The molecule has 1 aromatic carbocycles. The van der Waals surface area contributed by atoms with Crippen LogP contribution in [0.25, 0.3) is 0 Å². The van der Waals surface area contributed by atoms with E-state index >= 15 is 0 Å². The molecule has 1 N–H and O–H groups in total. The topological polar surface area (TPSA) is 83.4 Å². The molecule has 0 bridgehead atoms. The number of hydrogen-bond acceptors (Lipinski definition) is 4. The van der Waals surface area contributed by atoms with Crippen LogP contribution in [0.4, 0.5) is 5.69 Å². The van der Waals surface area contributed by atoms with Crippen LogP contribution >= 0.6 is 34.2 Å². The summed E-state index contributed by atoms with van der Waals surface area (Å²) in [7, 11) is 0. The number of nitriles is 3. The van der Waals surface area contributed by atoms with Gasteiger partial charge in [-0.25, -0.2) is 0 Å². The molecule has 0 radical (unpaired) electrons. The summed E-state index contributed by atoms with van der Waals surface area (Å²) in [4.78, 5) is 0. The minimum atomic E-state index is -0.252. The zero-order valence-electron chi connectivity index (χ0n) is 8.33. The van der Waals surface area contributed by atoms with Crippen LogP contribution in [-0.2, 0) is 0 Å². The van der Waals surface area contributed by atoms with Crippen molar-refractivity contribution in [1.29, 1.82) is 15.8 Å². The number of halogens is 2. The standard InChI is InChI=1S/C11H4ClIN4/c12-8-1-2-10(9(13)3-8)17-11(6-16)7(4-14)5-15/h1-3,17H. The summed E-state index contributed by atoms with van der Waals surface area (Å²) < 4.78 is 0.790. The van der Waals surface area contributed by atoms with E-state index in [1.807, 2.05) is 22.6 Å². The van der Waals surface area contributed by atoms with E-state index in [-0.39, 0.29) is 11.3 Å². The van der Waals surface area contributed by atoms with Crippen LogP contribution in [0.3, 0.4) is 0 Å². The Kier molecular flexibility index (Phi) is 4.78. The van der Waals surface area contributed by atoms with Crippen molar-refractivity contribution < 1.29 is 0 Å². The molecule has 4 nitrogen and oxygen atoms in total. The summed E-state index contributed by atoms with van der Waals surface area (Å²) in [5.41, 5.74) is 0.294. The molecule has 82 valence electrons. The van der Waals surface area contributed by atoms with Crippen molar-refractivity contribution in [1.82, 2.24) is 0 Å². The van der Waals surface area contributed by atoms with E-state index in [1.54, 1.807) is 36.4 Å². The molecule has 0 aliphatic rings. The van der Waals surface area contributed by atoms with Crippen molar-refractivity contribution in [2.45, 2.75) is 0 Å². The van der Waals surface area contributed by atoms with E-state index in [1.165, 1.54) is 0 Å². The SMILES string of the molecule is N#CC(C#N)=C(C#N)Nc1ccc(Cl)cc1I. The van der Waals surface area contributed by atoms with Crippen LogP contribution in [0.1, 0.15) is 0 Å². The number of benzene rings is 1. The first-order valence-electron chi connectivity index (χ1n) is 4.29. The molecule has 0 aliphatic heterocycles. The predicted molar refractivity (Wildman–Crippen MR) is 71.7 cm³/mol. The van der Waals surface area contributed by atoms with Gasteiger partial charge in [0.1, 0.15) is 23.9 Å². The lowest BCUT2D eigenvalue weighted by atomic mass is 10.2. The smallest absolute Gasteiger partial charge is 0.163 e. The van der Waals surface area contributed by atoms with Gasteiger partial charge in [-0.3, -0.25) is 0 Å². The maximum Gasteiger partial charge on any atom is 0.163 e. The van der Waals surface area contributed by atoms with Gasteiger partial charge in [0.25, 0.3) is 0 Å². The van der Waals surface area contributed by atoms with E-state index in [9.17, 15) is 0 Å². The Bertz CT molecular complexity index is 585. The quantitative estimate of drug-likeness (QED) is 0.653. The molecule has 17 heavy (non-hydrogen) atoms. The maximum atomic E-state index is 8.86. The number of nitrogens with one attached hydrogen (secondary N) is 1. The average molecular weight is 355 g/mol. The molecule has 0 saturated heterocycles. The highest BCUT2D eigenvalue weighted by atomic mass is 127. The lowest BCUT2D eigenvalue weighted by Gasteiger charge is -2.07. The van der Waals surface area contributed by atoms with Crippen molar-refractivity contribution >= 4 is 39.9 Å². The van der Waals surface area contributed by atoms with Gasteiger partial charge >= 0.3 is 0 Å². The van der Waals surface area contributed by atoms with Gasteiger partial charge in [0.15, 0.2) is 5.57 Å². The Hall–Kier alpha value is -1.75. The lowest BCUT2D eigenvalue weighted by molar-refractivity contribution is 1.37. The molecular formula is C11H4ClIN4. The zero-order chi connectivity index (χ0) is 12.8. The Morgan fingerprint density at radius 1 is 1.18 bits per heavy atom. The summed E-state index contributed by atoms with van der Waals surface area (Å²) in [6.07, 6.45) is 0. The first-order valence-corrected chi connectivity index (χ1v) is 5.74. The van der Waals surface area contributed by atoms with Gasteiger partial charge in [0.2, 0.25) is 0 Å². The predicted octanol–water partition coefficient (Wildman–Crippen LogP) is 3.18. The van der Waals surface area contributed by atoms with Crippen molar-refractivity contribution in [3.8, 4) is 18.2 Å². The second kappa shape index (κ2) is 6.10. The van der Waals surface area contributed by atoms with Crippen LogP contribution in [0.5, 0.6) is 0 Å². The van der Waals surface area contributed by atoms with Gasteiger partial charge < -0.3 is 5.32 Å². The van der Waals surface area contributed by atoms with Crippen LogP contribution in [0.15, 0.2) is 29.5 Å². The normalized spacial score (nSPS) is 8.41. The zero-order valence-corrected chi connectivity index (χ0v) is 11.2. The highest BCUT2D eigenvalue weighted by Crippen LogP contribution is 2.23. The number of allylic oxidation sites excluding steroid dienone is 2.